The zero-order valence-electron chi connectivity index (χ0n) is 15.9. The van der Waals surface area contributed by atoms with E-state index in [1.807, 2.05) is 0 Å². The lowest BCUT2D eigenvalue weighted by Gasteiger charge is -2.47. The fraction of sp³-hybridized carbons (Fsp3) is 0.706. The molecule has 0 spiro atoms. The van der Waals surface area contributed by atoms with E-state index in [2.05, 4.69) is 0 Å². The van der Waals surface area contributed by atoms with Crippen LogP contribution in [0.3, 0.4) is 0 Å². The summed E-state index contributed by atoms with van der Waals surface area (Å²) in [6.45, 7) is 5.30. The molecule has 0 unspecified atom stereocenters. The van der Waals surface area contributed by atoms with Crippen molar-refractivity contribution in [2.45, 2.75) is 71.4 Å². The van der Waals surface area contributed by atoms with Gasteiger partial charge in [-0.3, -0.25) is 24.0 Å². The number of rotatable bonds is 6. The van der Waals surface area contributed by atoms with Gasteiger partial charge in [0.1, 0.15) is 12.7 Å². The van der Waals surface area contributed by atoms with E-state index in [9.17, 15) is 24.0 Å². The third kappa shape index (κ3) is 6.54. The molecule has 1 aliphatic carbocycles. The largest absolute Gasteiger partial charge is 0.461 e. The SMILES string of the molecule is CC(=O)OC[C@@]1(OC(C)=O)CC[C@@H](OC(C)=O)[C@@H](OC(C)=O)[C@@H]1OC(C)=O. The molecule has 1 aliphatic rings. The highest BCUT2D eigenvalue weighted by Crippen LogP contribution is 2.38. The van der Waals surface area contributed by atoms with Gasteiger partial charge in [0.2, 0.25) is 0 Å². The summed E-state index contributed by atoms with van der Waals surface area (Å²) in [5.74, 6) is -3.46. The molecule has 0 aromatic heterocycles. The first-order valence-electron chi connectivity index (χ1n) is 8.31. The zero-order valence-corrected chi connectivity index (χ0v) is 15.9. The average molecular weight is 388 g/mol. The second-order valence-corrected chi connectivity index (χ2v) is 6.23. The minimum atomic E-state index is -1.60. The molecule has 0 aromatic carbocycles. The zero-order chi connectivity index (χ0) is 20.8. The van der Waals surface area contributed by atoms with Crippen molar-refractivity contribution in [3.63, 3.8) is 0 Å². The smallest absolute Gasteiger partial charge is 0.303 e. The second kappa shape index (κ2) is 9.33. The van der Waals surface area contributed by atoms with Crippen molar-refractivity contribution >= 4 is 29.8 Å². The van der Waals surface area contributed by atoms with Crippen LogP contribution < -0.4 is 0 Å². The molecule has 0 bridgehead atoms. The van der Waals surface area contributed by atoms with Crippen LogP contribution >= 0.6 is 0 Å². The van der Waals surface area contributed by atoms with Crippen molar-refractivity contribution in [1.29, 1.82) is 0 Å². The van der Waals surface area contributed by atoms with Crippen LogP contribution in [-0.4, -0.2) is 60.4 Å². The molecular weight excluding hydrogens is 364 g/mol. The molecule has 1 saturated carbocycles. The van der Waals surface area contributed by atoms with Crippen LogP contribution in [0, 0.1) is 0 Å². The Morgan fingerprint density at radius 1 is 0.778 bits per heavy atom. The van der Waals surface area contributed by atoms with E-state index < -0.39 is 60.4 Å². The van der Waals surface area contributed by atoms with Gasteiger partial charge in [0.05, 0.1) is 0 Å². The summed E-state index contributed by atoms with van der Waals surface area (Å²) in [5, 5.41) is 0. The summed E-state index contributed by atoms with van der Waals surface area (Å²) in [4.78, 5) is 57.6. The molecular formula is C17H24O10. The lowest BCUT2D eigenvalue weighted by molar-refractivity contribution is -0.241. The van der Waals surface area contributed by atoms with Crippen molar-refractivity contribution in [3.8, 4) is 0 Å². The highest BCUT2D eigenvalue weighted by molar-refractivity contribution is 5.70. The molecule has 0 radical (unpaired) electrons. The Balaban J connectivity index is 3.37. The van der Waals surface area contributed by atoms with Crippen LogP contribution in [0.4, 0.5) is 0 Å². The van der Waals surface area contributed by atoms with Gasteiger partial charge in [-0.25, -0.2) is 0 Å². The molecule has 10 nitrogen and oxygen atoms in total. The summed E-state index contributed by atoms with van der Waals surface area (Å²) in [5.41, 5.74) is -1.60. The maximum atomic E-state index is 11.7. The molecule has 0 aromatic rings. The summed E-state index contributed by atoms with van der Waals surface area (Å²) in [6, 6.07) is 0. The van der Waals surface area contributed by atoms with Crippen molar-refractivity contribution < 1.29 is 47.7 Å². The second-order valence-electron chi connectivity index (χ2n) is 6.23. The highest BCUT2D eigenvalue weighted by atomic mass is 16.6. The van der Waals surface area contributed by atoms with E-state index in [1.165, 1.54) is 6.92 Å². The first-order chi connectivity index (χ1) is 12.5. The van der Waals surface area contributed by atoms with Gasteiger partial charge in [-0.2, -0.15) is 0 Å². The van der Waals surface area contributed by atoms with Gasteiger partial charge in [-0.05, 0) is 12.8 Å². The predicted molar refractivity (Wildman–Crippen MR) is 87.0 cm³/mol. The Labute approximate surface area is 156 Å². The molecule has 1 fully saturated rings. The molecule has 4 atom stereocenters. The van der Waals surface area contributed by atoms with Crippen LogP contribution in [0.2, 0.25) is 0 Å². The molecule has 1 rings (SSSR count). The molecule has 0 heterocycles. The monoisotopic (exact) mass is 388 g/mol. The number of hydrogen-bond acceptors (Lipinski definition) is 10. The van der Waals surface area contributed by atoms with Crippen LogP contribution in [0.15, 0.2) is 0 Å². The maximum absolute atomic E-state index is 11.7. The van der Waals surface area contributed by atoms with Gasteiger partial charge in [-0.1, -0.05) is 0 Å². The molecule has 0 aliphatic heterocycles. The fourth-order valence-electron chi connectivity index (χ4n) is 3.01. The number of carbonyl (C=O) groups is 5. The third-order valence-electron chi connectivity index (χ3n) is 3.81. The third-order valence-corrected chi connectivity index (χ3v) is 3.81. The molecule has 0 amide bonds. The van der Waals surface area contributed by atoms with Crippen LogP contribution in [0.5, 0.6) is 0 Å². The normalized spacial score (nSPS) is 27.1. The summed E-state index contributed by atoms with van der Waals surface area (Å²) < 4.78 is 26.1. The molecule has 10 heteroatoms. The first-order valence-corrected chi connectivity index (χ1v) is 8.31. The van der Waals surface area contributed by atoms with Gasteiger partial charge in [0.25, 0.3) is 0 Å². The van der Waals surface area contributed by atoms with Crippen LogP contribution in [0.25, 0.3) is 0 Å². The van der Waals surface area contributed by atoms with Gasteiger partial charge in [0.15, 0.2) is 17.8 Å². The van der Waals surface area contributed by atoms with E-state index in [0.29, 0.717) is 0 Å². The number of carbonyl (C=O) groups excluding carboxylic acids is 5. The Morgan fingerprint density at radius 2 is 1.33 bits per heavy atom. The highest BCUT2D eigenvalue weighted by Gasteiger charge is 2.57. The predicted octanol–water partition coefficient (Wildman–Crippen LogP) is 0.440. The van der Waals surface area contributed by atoms with Crippen molar-refractivity contribution in [1.82, 2.24) is 0 Å². The Bertz CT molecular complexity index is 613. The van der Waals surface area contributed by atoms with E-state index in [0.717, 1.165) is 27.7 Å². The summed E-state index contributed by atoms with van der Waals surface area (Å²) >= 11 is 0. The lowest BCUT2D eigenvalue weighted by Crippen LogP contribution is -2.64. The number of hydrogen-bond donors (Lipinski definition) is 0. The van der Waals surface area contributed by atoms with Crippen molar-refractivity contribution in [2.75, 3.05) is 6.61 Å². The lowest BCUT2D eigenvalue weighted by atomic mass is 9.78. The van der Waals surface area contributed by atoms with E-state index in [-0.39, 0.29) is 12.8 Å². The minimum Gasteiger partial charge on any atom is -0.461 e. The van der Waals surface area contributed by atoms with Crippen LogP contribution in [-0.2, 0) is 47.7 Å². The van der Waals surface area contributed by atoms with Gasteiger partial charge >= 0.3 is 29.8 Å². The molecule has 0 saturated heterocycles. The number of ether oxygens (including phenoxy) is 5. The van der Waals surface area contributed by atoms with E-state index >= 15 is 0 Å². The van der Waals surface area contributed by atoms with Gasteiger partial charge < -0.3 is 23.7 Å². The van der Waals surface area contributed by atoms with E-state index in [4.69, 9.17) is 23.7 Å². The summed E-state index contributed by atoms with van der Waals surface area (Å²) in [7, 11) is 0. The van der Waals surface area contributed by atoms with Gasteiger partial charge in [-0.15, -0.1) is 0 Å². The van der Waals surface area contributed by atoms with Crippen molar-refractivity contribution in [3.05, 3.63) is 0 Å². The van der Waals surface area contributed by atoms with Gasteiger partial charge in [0, 0.05) is 34.6 Å². The minimum absolute atomic E-state index is 0.0352. The standard InChI is InChI=1S/C17H24O10/c1-9(18)23-8-17(27-13(5)22)7-6-14(24-10(2)19)15(25-11(3)20)16(17)26-12(4)21/h14-16H,6-8H2,1-5H3/t14-,15-,16+,17+/m1/s1. The van der Waals surface area contributed by atoms with E-state index in [1.54, 1.807) is 0 Å². The molecule has 0 N–H and O–H groups in total. The Kier molecular flexibility index (Phi) is 7.74. The summed E-state index contributed by atoms with van der Waals surface area (Å²) in [6.07, 6.45) is -3.38. The van der Waals surface area contributed by atoms with Crippen LogP contribution in [0.1, 0.15) is 47.5 Å². The van der Waals surface area contributed by atoms with Crippen molar-refractivity contribution in [2.24, 2.45) is 0 Å². The molecule has 27 heavy (non-hydrogen) atoms. The average Bonchev–Trinajstić information content (AvgIpc) is 2.49. The molecule has 152 valence electrons. The Morgan fingerprint density at radius 3 is 1.78 bits per heavy atom. The first kappa shape index (κ1) is 22.4. The Hall–Kier alpha value is -2.65. The topological polar surface area (TPSA) is 132 Å². The number of esters is 5. The fourth-order valence-corrected chi connectivity index (χ4v) is 3.01. The quantitative estimate of drug-likeness (QED) is 0.466. The maximum Gasteiger partial charge on any atom is 0.303 e.